The van der Waals surface area contributed by atoms with Gasteiger partial charge in [0.2, 0.25) is 0 Å². The largest absolute Gasteiger partial charge is 0.364 e. The van der Waals surface area contributed by atoms with Crippen LogP contribution in [0.15, 0.2) is 11.0 Å². The van der Waals surface area contributed by atoms with E-state index in [-0.39, 0.29) is 11.0 Å². The Morgan fingerprint density at radius 2 is 2.23 bits per heavy atom. The van der Waals surface area contributed by atoms with Crippen molar-refractivity contribution in [1.82, 2.24) is 4.98 Å². The lowest BCUT2D eigenvalue weighted by Crippen LogP contribution is -2.16. The van der Waals surface area contributed by atoms with Gasteiger partial charge in [-0.2, -0.15) is 0 Å². The normalized spacial score (nSPS) is 10.8. The van der Waals surface area contributed by atoms with Crippen molar-refractivity contribution in [2.75, 3.05) is 0 Å². The second-order valence-electron chi connectivity index (χ2n) is 2.62. The van der Waals surface area contributed by atoms with Gasteiger partial charge in [0.1, 0.15) is 0 Å². The van der Waals surface area contributed by atoms with Crippen LogP contribution in [0.3, 0.4) is 0 Å². The Bertz CT molecular complexity index is 362. The Hall–Kier alpha value is -0.710. The molecule has 0 bridgehead atoms. The van der Waals surface area contributed by atoms with Gasteiger partial charge in [-0.25, -0.2) is 8.78 Å². The number of aryl methyl sites for hydroxylation is 1. The first-order valence-corrected chi connectivity index (χ1v) is 4.75. The molecule has 1 N–H and O–H groups in total. The van der Waals surface area contributed by atoms with E-state index >= 15 is 0 Å². The number of hydrogen-bond donors (Lipinski definition) is 1. The van der Waals surface area contributed by atoms with Gasteiger partial charge in [0.25, 0.3) is 6.43 Å². The zero-order valence-corrected chi connectivity index (χ0v) is 8.49. The lowest BCUT2D eigenvalue weighted by Gasteiger charge is -2.04. The number of hydrogen-bond acceptors (Lipinski definition) is 1. The molecule has 0 saturated heterocycles. The van der Waals surface area contributed by atoms with Crippen LogP contribution in [0.25, 0.3) is 0 Å². The standard InChI is InChI=1S/C8H8BrF2NO/c1-4-6(8(10)11)7(13)5(2-9)3-12-4/h3,8H,2H2,1H3,(H,12,13). The maximum atomic E-state index is 12.4. The van der Waals surface area contributed by atoms with Crippen LogP contribution in [0.5, 0.6) is 0 Å². The lowest BCUT2D eigenvalue weighted by molar-refractivity contribution is 0.148. The Labute approximate surface area is 82.1 Å². The zero-order chi connectivity index (χ0) is 10.0. The Morgan fingerprint density at radius 3 is 2.69 bits per heavy atom. The molecule has 0 radical (unpaired) electrons. The maximum absolute atomic E-state index is 12.4. The van der Waals surface area contributed by atoms with Crippen molar-refractivity contribution in [3.05, 3.63) is 33.2 Å². The molecule has 1 aromatic rings. The summed E-state index contributed by atoms with van der Waals surface area (Å²) in [6, 6.07) is 0. The molecule has 0 atom stereocenters. The molecule has 0 aromatic carbocycles. The van der Waals surface area contributed by atoms with Crippen molar-refractivity contribution in [1.29, 1.82) is 0 Å². The highest BCUT2D eigenvalue weighted by molar-refractivity contribution is 9.08. The molecular weight excluding hydrogens is 244 g/mol. The van der Waals surface area contributed by atoms with Crippen LogP contribution >= 0.6 is 15.9 Å². The Morgan fingerprint density at radius 1 is 1.62 bits per heavy atom. The predicted molar refractivity (Wildman–Crippen MR) is 49.4 cm³/mol. The number of pyridine rings is 1. The second kappa shape index (κ2) is 4.00. The van der Waals surface area contributed by atoms with Gasteiger partial charge in [-0.05, 0) is 6.92 Å². The monoisotopic (exact) mass is 251 g/mol. The zero-order valence-electron chi connectivity index (χ0n) is 6.90. The van der Waals surface area contributed by atoms with E-state index in [9.17, 15) is 13.6 Å². The van der Waals surface area contributed by atoms with Gasteiger partial charge >= 0.3 is 0 Å². The van der Waals surface area contributed by atoms with Gasteiger partial charge in [0.05, 0.1) is 5.56 Å². The third-order valence-electron chi connectivity index (χ3n) is 1.77. The van der Waals surface area contributed by atoms with Gasteiger partial charge in [0.15, 0.2) is 5.43 Å². The van der Waals surface area contributed by atoms with E-state index in [1.807, 2.05) is 0 Å². The van der Waals surface area contributed by atoms with Crippen LogP contribution in [0.2, 0.25) is 0 Å². The van der Waals surface area contributed by atoms with Crippen molar-refractivity contribution in [2.24, 2.45) is 0 Å². The molecular formula is C8H8BrF2NO. The van der Waals surface area contributed by atoms with Crippen LogP contribution in [0.4, 0.5) is 8.78 Å². The molecule has 5 heteroatoms. The summed E-state index contributed by atoms with van der Waals surface area (Å²) in [5.41, 5.74) is -0.467. The average Bonchev–Trinajstić information content (AvgIpc) is 2.04. The molecule has 0 aliphatic rings. The van der Waals surface area contributed by atoms with Crippen molar-refractivity contribution >= 4 is 15.9 Å². The molecule has 0 aliphatic heterocycles. The molecule has 0 amide bonds. The number of alkyl halides is 3. The van der Waals surface area contributed by atoms with Gasteiger partial charge in [-0.1, -0.05) is 15.9 Å². The summed E-state index contributed by atoms with van der Waals surface area (Å²) in [6.07, 6.45) is -1.28. The third kappa shape index (κ3) is 1.96. The number of halogens is 3. The Balaban J connectivity index is 3.39. The number of H-pyrrole nitrogens is 1. The summed E-state index contributed by atoms with van der Waals surface area (Å²) in [4.78, 5) is 14.0. The number of nitrogens with one attached hydrogen (secondary N) is 1. The molecule has 72 valence electrons. The smallest absolute Gasteiger partial charge is 0.269 e. The maximum Gasteiger partial charge on any atom is 0.269 e. The Kier molecular flexibility index (Phi) is 3.19. The van der Waals surface area contributed by atoms with E-state index in [1.54, 1.807) is 0 Å². The molecule has 1 heterocycles. The summed E-state index contributed by atoms with van der Waals surface area (Å²) in [7, 11) is 0. The van der Waals surface area contributed by atoms with E-state index in [0.29, 0.717) is 5.56 Å². The minimum atomic E-state index is -2.72. The molecule has 0 aliphatic carbocycles. The summed E-state index contributed by atoms with van der Waals surface area (Å²) < 4.78 is 24.7. The minimum Gasteiger partial charge on any atom is -0.364 e. The molecule has 1 rings (SSSR count). The molecule has 2 nitrogen and oxygen atoms in total. The predicted octanol–water partition coefficient (Wildman–Crippen LogP) is 2.52. The molecule has 0 unspecified atom stereocenters. The quantitative estimate of drug-likeness (QED) is 0.806. The summed E-state index contributed by atoms with van der Waals surface area (Å²) in [5, 5.41) is 0.280. The van der Waals surface area contributed by atoms with E-state index in [4.69, 9.17) is 0 Å². The van der Waals surface area contributed by atoms with Crippen LogP contribution in [-0.4, -0.2) is 4.98 Å². The van der Waals surface area contributed by atoms with Gasteiger partial charge < -0.3 is 4.98 Å². The van der Waals surface area contributed by atoms with Gasteiger partial charge in [-0.15, -0.1) is 0 Å². The van der Waals surface area contributed by atoms with E-state index < -0.39 is 17.4 Å². The third-order valence-corrected chi connectivity index (χ3v) is 2.37. The fourth-order valence-corrected chi connectivity index (χ4v) is 1.46. The first kappa shape index (κ1) is 10.4. The van der Waals surface area contributed by atoms with Gasteiger partial charge in [0, 0.05) is 22.8 Å². The lowest BCUT2D eigenvalue weighted by atomic mass is 10.1. The molecule has 1 aromatic heterocycles. The second-order valence-corrected chi connectivity index (χ2v) is 3.18. The fraction of sp³-hybridized carbons (Fsp3) is 0.375. The highest BCUT2D eigenvalue weighted by Crippen LogP contribution is 2.18. The minimum absolute atomic E-state index is 0.227. The first-order valence-electron chi connectivity index (χ1n) is 3.63. The number of aromatic amines is 1. The van der Waals surface area contributed by atoms with Crippen molar-refractivity contribution in [2.45, 2.75) is 18.7 Å². The molecule has 0 spiro atoms. The summed E-state index contributed by atoms with van der Waals surface area (Å²) in [6.45, 7) is 1.46. The summed E-state index contributed by atoms with van der Waals surface area (Å²) in [5.74, 6) is 0. The van der Waals surface area contributed by atoms with Crippen molar-refractivity contribution in [3.8, 4) is 0 Å². The van der Waals surface area contributed by atoms with Crippen LogP contribution in [0.1, 0.15) is 23.2 Å². The van der Waals surface area contributed by atoms with Crippen LogP contribution in [0, 0.1) is 6.92 Å². The topological polar surface area (TPSA) is 32.9 Å². The first-order chi connectivity index (χ1) is 6.07. The SMILES string of the molecule is Cc1[nH]cc(CBr)c(=O)c1C(F)F. The van der Waals surface area contributed by atoms with Crippen LogP contribution in [-0.2, 0) is 5.33 Å². The van der Waals surface area contributed by atoms with Crippen molar-refractivity contribution < 1.29 is 8.78 Å². The average molecular weight is 252 g/mol. The molecule has 0 fully saturated rings. The fourth-order valence-electron chi connectivity index (χ4n) is 1.04. The highest BCUT2D eigenvalue weighted by atomic mass is 79.9. The van der Waals surface area contributed by atoms with Gasteiger partial charge in [-0.3, -0.25) is 4.79 Å². The highest BCUT2D eigenvalue weighted by Gasteiger charge is 2.17. The van der Waals surface area contributed by atoms with E-state index in [1.165, 1.54) is 13.1 Å². The van der Waals surface area contributed by atoms with E-state index in [2.05, 4.69) is 20.9 Å². The van der Waals surface area contributed by atoms with E-state index in [0.717, 1.165) is 0 Å². The molecule has 0 saturated carbocycles. The van der Waals surface area contributed by atoms with Crippen molar-refractivity contribution in [3.63, 3.8) is 0 Å². The van der Waals surface area contributed by atoms with Crippen LogP contribution < -0.4 is 5.43 Å². The number of aromatic nitrogens is 1. The number of rotatable bonds is 2. The molecule has 13 heavy (non-hydrogen) atoms. The summed E-state index contributed by atoms with van der Waals surface area (Å²) >= 11 is 3.05.